The van der Waals surface area contributed by atoms with Gasteiger partial charge in [-0.3, -0.25) is 9.52 Å². The first-order valence-electron chi connectivity index (χ1n) is 9.92. The molecule has 0 saturated heterocycles. The number of hydrogen-bond donors (Lipinski definition) is 4. The molecular formula is C21H19F3N6O3S. The van der Waals surface area contributed by atoms with Gasteiger partial charge in [-0.1, -0.05) is 24.3 Å². The lowest BCUT2D eigenvalue weighted by Crippen LogP contribution is -2.16. The molecule has 1 aliphatic rings. The van der Waals surface area contributed by atoms with Crippen LogP contribution in [0, 0.1) is 0 Å². The van der Waals surface area contributed by atoms with Gasteiger partial charge in [0.25, 0.3) is 0 Å². The number of aromatic nitrogens is 2. The van der Waals surface area contributed by atoms with Gasteiger partial charge in [-0.05, 0) is 23.8 Å². The number of nitrogens with zero attached hydrogens (tertiary/aromatic N) is 2. The monoisotopic (exact) mass is 492 g/mol. The largest absolute Gasteiger partial charge is 0.421 e. The Balaban J connectivity index is 1.62. The Bertz CT molecular complexity index is 1360. The van der Waals surface area contributed by atoms with E-state index in [1.54, 1.807) is 36.4 Å². The normalized spacial score (nSPS) is 13.2. The summed E-state index contributed by atoms with van der Waals surface area (Å²) in [6.45, 7) is -0.141. The van der Waals surface area contributed by atoms with E-state index in [1.807, 2.05) is 0 Å². The summed E-state index contributed by atoms with van der Waals surface area (Å²) in [5.41, 5.74) is 1.32. The zero-order valence-corrected chi connectivity index (χ0v) is 18.5. The number of alkyl halides is 3. The summed E-state index contributed by atoms with van der Waals surface area (Å²) in [6.07, 6.45) is -2.97. The van der Waals surface area contributed by atoms with Crippen molar-refractivity contribution in [3.05, 3.63) is 65.4 Å². The minimum atomic E-state index is -4.73. The zero-order chi connectivity index (χ0) is 24.5. The third-order valence-corrected chi connectivity index (χ3v) is 5.48. The number of hydrogen-bond acceptors (Lipinski definition) is 7. The topological polar surface area (TPSA) is 125 Å². The van der Waals surface area contributed by atoms with Crippen LogP contribution in [0.2, 0.25) is 0 Å². The Morgan fingerprint density at radius 3 is 2.56 bits per heavy atom. The summed E-state index contributed by atoms with van der Waals surface area (Å²) in [6, 6.07) is 11.4. The van der Waals surface area contributed by atoms with Crippen LogP contribution in [0.5, 0.6) is 0 Å². The lowest BCUT2D eigenvalue weighted by Gasteiger charge is -2.17. The van der Waals surface area contributed by atoms with Gasteiger partial charge in [-0.2, -0.15) is 18.2 Å². The lowest BCUT2D eigenvalue weighted by molar-refractivity contribution is -0.137. The van der Waals surface area contributed by atoms with Gasteiger partial charge in [-0.15, -0.1) is 0 Å². The summed E-state index contributed by atoms with van der Waals surface area (Å²) in [7, 11) is -3.59. The fourth-order valence-corrected chi connectivity index (χ4v) is 4.02. The second-order valence-corrected chi connectivity index (χ2v) is 9.27. The molecule has 9 nitrogen and oxygen atoms in total. The molecule has 0 fully saturated rings. The Labute approximate surface area is 192 Å². The van der Waals surface area contributed by atoms with Crippen LogP contribution >= 0.6 is 0 Å². The maximum absolute atomic E-state index is 13.6. The molecule has 0 bridgehead atoms. The molecule has 2 heterocycles. The second-order valence-electron chi connectivity index (χ2n) is 7.52. The molecule has 178 valence electrons. The van der Waals surface area contributed by atoms with Crippen LogP contribution in [0.3, 0.4) is 0 Å². The first-order valence-corrected chi connectivity index (χ1v) is 11.8. The first-order chi connectivity index (χ1) is 16.0. The highest BCUT2D eigenvalue weighted by atomic mass is 32.2. The Kier molecular flexibility index (Phi) is 6.04. The molecule has 3 aromatic rings. The minimum Gasteiger partial charge on any atom is -0.365 e. The van der Waals surface area contributed by atoms with Gasteiger partial charge in [0.15, 0.2) is 0 Å². The SMILES string of the molecule is CS(=O)(=O)Nc1ccccc1CNc1nc(Nc2cccc3c2CC(=O)N3)ncc1C(F)(F)F. The van der Waals surface area contributed by atoms with E-state index in [4.69, 9.17) is 0 Å². The summed E-state index contributed by atoms with van der Waals surface area (Å²) >= 11 is 0. The van der Waals surface area contributed by atoms with Crippen LogP contribution in [-0.2, 0) is 34.0 Å². The van der Waals surface area contributed by atoms with Crippen LogP contribution in [-0.4, -0.2) is 30.5 Å². The van der Waals surface area contributed by atoms with Crippen LogP contribution in [0.25, 0.3) is 0 Å². The van der Waals surface area contributed by atoms with E-state index in [-0.39, 0.29) is 30.5 Å². The number of halogens is 3. The molecule has 34 heavy (non-hydrogen) atoms. The number of amides is 1. The number of anilines is 5. The number of sulfonamides is 1. The number of carbonyl (C=O) groups is 1. The summed E-state index contributed by atoms with van der Waals surface area (Å²) < 4.78 is 66.3. The molecule has 0 unspecified atom stereocenters. The zero-order valence-electron chi connectivity index (χ0n) is 17.7. The van der Waals surface area contributed by atoms with E-state index < -0.39 is 27.6 Å². The van der Waals surface area contributed by atoms with Crippen LogP contribution in [0.15, 0.2) is 48.7 Å². The molecule has 1 aromatic heterocycles. The van der Waals surface area contributed by atoms with Crippen molar-refractivity contribution < 1.29 is 26.4 Å². The van der Waals surface area contributed by atoms with Gasteiger partial charge < -0.3 is 16.0 Å². The van der Waals surface area contributed by atoms with Crippen molar-refractivity contribution in [2.45, 2.75) is 19.1 Å². The predicted octanol–water partition coefficient (Wildman–Crippen LogP) is 3.72. The van der Waals surface area contributed by atoms with Gasteiger partial charge >= 0.3 is 6.18 Å². The third kappa shape index (κ3) is 5.36. The molecule has 1 amide bonds. The Morgan fingerprint density at radius 2 is 1.82 bits per heavy atom. The van der Waals surface area contributed by atoms with Crippen molar-refractivity contribution in [1.82, 2.24) is 9.97 Å². The quantitative estimate of drug-likeness (QED) is 0.396. The van der Waals surface area contributed by atoms with E-state index in [0.29, 0.717) is 28.7 Å². The van der Waals surface area contributed by atoms with Gasteiger partial charge in [0.2, 0.25) is 21.9 Å². The molecule has 4 N–H and O–H groups in total. The smallest absolute Gasteiger partial charge is 0.365 e. The molecule has 0 radical (unpaired) electrons. The van der Waals surface area contributed by atoms with Crippen LogP contribution in [0.1, 0.15) is 16.7 Å². The summed E-state index contributed by atoms with van der Waals surface area (Å²) in [5.74, 6) is -0.784. The molecule has 4 rings (SSSR count). The fourth-order valence-electron chi connectivity index (χ4n) is 3.42. The van der Waals surface area contributed by atoms with Crippen LogP contribution in [0.4, 0.5) is 42.0 Å². The molecule has 2 aromatic carbocycles. The number of carbonyl (C=O) groups excluding carboxylic acids is 1. The molecule has 0 saturated carbocycles. The average Bonchev–Trinajstić information content (AvgIpc) is 3.12. The fraction of sp³-hybridized carbons (Fsp3) is 0.190. The molecule has 0 aliphatic carbocycles. The minimum absolute atomic E-state index is 0.106. The van der Waals surface area contributed by atoms with Crippen LogP contribution < -0.4 is 20.7 Å². The van der Waals surface area contributed by atoms with E-state index >= 15 is 0 Å². The van der Waals surface area contributed by atoms with Crippen molar-refractivity contribution >= 4 is 44.8 Å². The van der Waals surface area contributed by atoms with Gasteiger partial charge in [0.1, 0.15) is 11.4 Å². The standard InChI is InChI=1S/C21H19F3N6O3S/c1-34(32,33)30-15-6-3-2-5-12(15)10-25-19-14(21(22,23)24)11-26-20(29-19)28-17-8-4-7-16-13(17)9-18(31)27-16/h2-8,11,30H,9-10H2,1H3,(H,27,31)(H2,25,26,28,29). The highest BCUT2D eigenvalue weighted by Crippen LogP contribution is 2.35. The van der Waals surface area contributed by atoms with Crippen molar-refractivity contribution in [3.63, 3.8) is 0 Å². The Hall–Kier alpha value is -3.87. The maximum atomic E-state index is 13.6. The molecule has 13 heteroatoms. The van der Waals surface area contributed by atoms with E-state index in [2.05, 4.69) is 30.6 Å². The number of fused-ring (bicyclic) bond motifs is 1. The number of nitrogens with one attached hydrogen (secondary N) is 4. The maximum Gasteiger partial charge on any atom is 0.421 e. The van der Waals surface area contributed by atoms with Gasteiger partial charge in [-0.25, -0.2) is 13.4 Å². The van der Waals surface area contributed by atoms with Gasteiger partial charge in [0.05, 0.1) is 18.4 Å². The summed E-state index contributed by atoms with van der Waals surface area (Å²) in [5, 5.41) is 8.20. The molecule has 0 spiro atoms. The highest BCUT2D eigenvalue weighted by molar-refractivity contribution is 7.92. The first kappa shape index (κ1) is 23.3. The third-order valence-electron chi connectivity index (χ3n) is 4.89. The van der Waals surface area contributed by atoms with Crippen molar-refractivity contribution in [2.24, 2.45) is 0 Å². The van der Waals surface area contributed by atoms with E-state index in [1.165, 1.54) is 6.07 Å². The number of para-hydroxylation sites is 1. The van der Waals surface area contributed by atoms with Crippen molar-refractivity contribution in [3.8, 4) is 0 Å². The average molecular weight is 492 g/mol. The Morgan fingerprint density at radius 1 is 1.09 bits per heavy atom. The highest BCUT2D eigenvalue weighted by Gasteiger charge is 2.35. The van der Waals surface area contributed by atoms with Crippen molar-refractivity contribution in [2.75, 3.05) is 26.9 Å². The number of benzene rings is 2. The van der Waals surface area contributed by atoms with E-state index in [0.717, 1.165) is 6.26 Å². The van der Waals surface area contributed by atoms with E-state index in [9.17, 15) is 26.4 Å². The van der Waals surface area contributed by atoms with Crippen molar-refractivity contribution in [1.29, 1.82) is 0 Å². The van der Waals surface area contributed by atoms with Gasteiger partial charge in [0, 0.05) is 29.7 Å². The number of rotatable bonds is 7. The molecule has 0 atom stereocenters. The predicted molar refractivity (Wildman–Crippen MR) is 121 cm³/mol. The lowest BCUT2D eigenvalue weighted by atomic mass is 10.1. The molecular weight excluding hydrogens is 473 g/mol. The molecule has 1 aliphatic heterocycles. The summed E-state index contributed by atoms with van der Waals surface area (Å²) in [4.78, 5) is 19.5. The second kappa shape index (κ2) is 8.82.